The van der Waals surface area contributed by atoms with Gasteiger partial charge in [0.1, 0.15) is 5.82 Å². The van der Waals surface area contributed by atoms with Crippen molar-refractivity contribution in [2.24, 2.45) is 0 Å². The molecule has 0 atom stereocenters. The SMILES string of the molecule is Cc1nsc(N2CCN(C(=O)c3ccccc3I)CC2)n1. The van der Waals surface area contributed by atoms with Crippen LogP contribution in [0, 0.1) is 10.5 Å². The third kappa shape index (κ3) is 3.18. The van der Waals surface area contributed by atoms with Gasteiger partial charge in [-0.25, -0.2) is 4.98 Å². The van der Waals surface area contributed by atoms with Crippen LogP contribution in [-0.2, 0) is 0 Å². The number of benzene rings is 1. The van der Waals surface area contributed by atoms with Gasteiger partial charge in [-0.15, -0.1) is 0 Å². The fourth-order valence-electron chi connectivity index (χ4n) is 2.32. The van der Waals surface area contributed by atoms with Crippen LogP contribution in [-0.4, -0.2) is 46.3 Å². The van der Waals surface area contributed by atoms with Gasteiger partial charge in [0.2, 0.25) is 5.13 Å². The van der Waals surface area contributed by atoms with Gasteiger partial charge in [-0.05, 0) is 41.6 Å². The molecule has 0 saturated carbocycles. The number of hydrogen-bond donors (Lipinski definition) is 0. The smallest absolute Gasteiger partial charge is 0.255 e. The van der Waals surface area contributed by atoms with Crippen molar-refractivity contribution in [2.45, 2.75) is 6.92 Å². The lowest BCUT2D eigenvalue weighted by atomic mass is 10.2. The van der Waals surface area contributed by atoms with Crippen LogP contribution in [0.15, 0.2) is 24.3 Å². The Morgan fingerprint density at radius 2 is 1.95 bits per heavy atom. The van der Waals surface area contributed by atoms with E-state index in [1.54, 1.807) is 0 Å². The van der Waals surface area contributed by atoms with E-state index in [1.807, 2.05) is 36.1 Å². The third-order valence-electron chi connectivity index (χ3n) is 3.46. The van der Waals surface area contributed by atoms with Gasteiger partial charge >= 0.3 is 0 Å². The Hall–Kier alpha value is -1.22. The molecule has 2 heterocycles. The van der Waals surface area contributed by atoms with Crippen LogP contribution in [0.5, 0.6) is 0 Å². The second-order valence-corrected chi connectivity index (χ2v) is 6.78. The first-order chi connectivity index (χ1) is 10.1. The van der Waals surface area contributed by atoms with Gasteiger partial charge in [0.25, 0.3) is 5.91 Å². The second-order valence-electron chi connectivity index (χ2n) is 4.88. The fourth-order valence-corrected chi connectivity index (χ4v) is 3.66. The van der Waals surface area contributed by atoms with E-state index in [2.05, 4.69) is 36.8 Å². The van der Waals surface area contributed by atoms with Crippen molar-refractivity contribution in [1.82, 2.24) is 14.3 Å². The maximum Gasteiger partial charge on any atom is 0.255 e. The number of rotatable bonds is 2. The molecule has 1 saturated heterocycles. The number of aryl methyl sites for hydroxylation is 1. The number of aromatic nitrogens is 2. The summed E-state index contributed by atoms with van der Waals surface area (Å²) >= 11 is 3.64. The molecule has 0 unspecified atom stereocenters. The number of halogens is 1. The number of nitrogens with zero attached hydrogens (tertiary/aromatic N) is 4. The molecule has 2 aromatic rings. The first-order valence-electron chi connectivity index (χ1n) is 6.74. The quantitative estimate of drug-likeness (QED) is 0.709. The minimum Gasteiger partial charge on any atom is -0.343 e. The summed E-state index contributed by atoms with van der Waals surface area (Å²) in [6.45, 7) is 4.97. The molecule has 0 aliphatic carbocycles. The highest BCUT2D eigenvalue weighted by atomic mass is 127. The molecule has 1 fully saturated rings. The predicted molar refractivity (Wildman–Crippen MR) is 91.9 cm³/mol. The molecule has 1 aromatic heterocycles. The summed E-state index contributed by atoms with van der Waals surface area (Å²) in [6, 6.07) is 7.72. The zero-order valence-corrected chi connectivity index (χ0v) is 14.6. The van der Waals surface area contributed by atoms with Crippen molar-refractivity contribution in [2.75, 3.05) is 31.1 Å². The lowest BCUT2D eigenvalue weighted by molar-refractivity contribution is 0.0745. The standard InChI is InChI=1S/C14H15IN4OS/c1-10-16-14(21-17-10)19-8-6-18(7-9-19)13(20)11-4-2-3-5-12(11)15/h2-5H,6-9H2,1H3. The number of anilines is 1. The van der Waals surface area contributed by atoms with Crippen LogP contribution in [0.4, 0.5) is 5.13 Å². The van der Waals surface area contributed by atoms with Gasteiger partial charge < -0.3 is 9.80 Å². The van der Waals surface area contributed by atoms with Crippen LogP contribution in [0.25, 0.3) is 0 Å². The summed E-state index contributed by atoms with van der Waals surface area (Å²) in [7, 11) is 0. The minimum atomic E-state index is 0.119. The summed E-state index contributed by atoms with van der Waals surface area (Å²) < 4.78 is 5.21. The van der Waals surface area contributed by atoms with Gasteiger partial charge in [-0.1, -0.05) is 12.1 Å². The summed E-state index contributed by atoms with van der Waals surface area (Å²) in [5, 5.41) is 0.953. The Balaban J connectivity index is 1.66. The number of carbonyl (C=O) groups excluding carboxylic acids is 1. The molecule has 3 rings (SSSR count). The summed E-state index contributed by atoms with van der Waals surface area (Å²) in [5.41, 5.74) is 0.790. The zero-order chi connectivity index (χ0) is 14.8. The van der Waals surface area contributed by atoms with Crippen LogP contribution in [0.2, 0.25) is 0 Å². The average molecular weight is 414 g/mol. The molecule has 7 heteroatoms. The van der Waals surface area contributed by atoms with Gasteiger partial charge in [-0.2, -0.15) is 4.37 Å². The van der Waals surface area contributed by atoms with Crippen LogP contribution < -0.4 is 4.90 Å². The molecule has 1 aliphatic rings. The third-order valence-corrected chi connectivity index (χ3v) is 5.27. The molecule has 5 nitrogen and oxygen atoms in total. The zero-order valence-electron chi connectivity index (χ0n) is 11.6. The summed E-state index contributed by atoms with van der Waals surface area (Å²) in [4.78, 5) is 21.1. The predicted octanol–water partition coefficient (Wildman–Crippen LogP) is 2.41. The van der Waals surface area contributed by atoms with Crippen molar-refractivity contribution in [3.8, 4) is 0 Å². The van der Waals surface area contributed by atoms with E-state index in [0.717, 1.165) is 46.3 Å². The molecular formula is C14H15IN4OS. The highest BCUT2D eigenvalue weighted by molar-refractivity contribution is 14.1. The second kappa shape index (κ2) is 6.27. The molecule has 1 amide bonds. The maximum absolute atomic E-state index is 12.5. The fraction of sp³-hybridized carbons (Fsp3) is 0.357. The highest BCUT2D eigenvalue weighted by Crippen LogP contribution is 2.20. The number of hydrogen-bond acceptors (Lipinski definition) is 5. The number of carbonyl (C=O) groups is 1. The van der Waals surface area contributed by atoms with E-state index in [-0.39, 0.29) is 5.91 Å². The van der Waals surface area contributed by atoms with E-state index in [9.17, 15) is 4.79 Å². The van der Waals surface area contributed by atoms with Crippen molar-refractivity contribution in [1.29, 1.82) is 0 Å². The molecule has 110 valence electrons. The van der Waals surface area contributed by atoms with Crippen LogP contribution in [0.3, 0.4) is 0 Å². The lowest BCUT2D eigenvalue weighted by Gasteiger charge is -2.34. The van der Waals surface area contributed by atoms with Gasteiger partial charge in [-0.3, -0.25) is 4.79 Å². The van der Waals surface area contributed by atoms with Crippen LogP contribution >= 0.6 is 34.1 Å². The Morgan fingerprint density at radius 1 is 1.24 bits per heavy atom. The van der Waals surface area contributed by atoms with Crippen molar-refractivity contribution >= 4 is 45.2 Å². The minimum absolute atomic E-state index is 0.119. The molecule has 0 bridgehead atoms. The van der Waals surface area contributed by atoms with Crippen molar-refractivity contribution in [3.05, 3.63) is 39.2 Å². The molecule has 0 spiro atoms. The molecule has 1 aliphatic heterocycles. The number of piperazine rings is 1. The van der Waals surface area contributed by atoms with E-state index in [0.29, 0.717) is 0 Å². The molecule has 1 aromatic carbocycles. The Morgan fingerprint density at radius 3 is 2.57 bits per heavy atom. The monoisotopic (exact) mass is 414 g/mol. The Labute approximate surface area is 141 Å². The first kappa shape index (κ1) is 14.7. The van der Waals surface area contributed by atoms with Gasteiger partial charge in [0.05, 0.1) is 5.56 Å². The van der Waals surface area contributed by atoms with E-state index >= 15 is 0 Å². The van der Waals surface area contributed by atoms with Crippen molar-refractivity contribution < 1.29 is 4.79 Å². The van der Waals surface area contributed by atoms with Gasteiger partial charge in [0.15, 0.2) is 0 Å². The largest absolute Gasteiger partial charge is 0.343 e. The highest BCUT2D eigenvalue weighted by Gasteiger charge is 2.24. The van der Waals surface area contributed by atoms with E-state index < -0.39 is 0 Å². The normalized spacial score (nSPS) is 15.3. The molecule has 0 N–H and O–H groups in total. The average Bonchev–Trinajstić information content (AvgIpc) is 2.94. The lowest BCUT2D eigenvalue weighted by Crippen LogP contribution is -2.49. The molecule has 21 heavy (non-hydrogen) atoms. The summed E-state index contributed by atoms with van der Waals surface area (Å²) in [5.74, 6) is 0.931. The topological polar surface area (TPSA) is 49.3 Å². The first-order valence-corrected chi connectivity index (χ1v) is 8.59. The Kier molecular flexibility index (Phi) is 4.39. The molecular weight excluding hydrogens is 399 g/mol. The van der Waals surface area contributed by atoms with Crippen molar-refractivity contribution in [3.63, 3.8) is 0 Å². The molecule has 0 radical (unpaired) electrons. The summed E-state index contributed by atoms with van der Waals surface area (Å²) in [6.07, 6.45) is 0. The Bertz CT molecular complexity index is 652. The van der Waals surface area contributed by atoms with E-state index in [1.165, 1.54) is 11.5 Å². The maximum atomic E-state index is 12.5. The van der Waals surface area contributed by atoms with Gasteiger partial charge in [0, 0.05) is 41.3 Å². The number of amides is 1. The van der Waals surface area contributed by atoms with Crippen LogP contribution in [0.1, 0.15) is 16.2 Å². The van der Waals surface area contributed by atoms with E-state index in [4.69, 9.17) is 0 Å².